The highest BCUT2D eigenvalue weighted by Crippen LogP contribution is 2.20. The normalized spacial score (nSPS) is 16.2. The molecule has 0 unspecified atom stereocenters. The van der Waals surface area contributed by atoms with Crippen LogP contribution in [0.3, 0.4) is 0 Å². The molecule has 2 rings (SSSR count). The Morgan fingerprint density at radius 2 is 1.91 bits per heavy atom. The van der Waals surface area contributed by atoms with Gasteiger partial charge in [0.1, 0.15) is 0 Å². The summed E-state index contributed by atoms with van der Waals surface area (Å²) in [6.45, 7) is 7.42. The lowest BCUT2D eigenvalue weighted by atomic mass is 10.0. The second-order valence-corrected chi connectivity index (χ2v) is 6.37. The van der Waals surface area contributed by atoms with Crippen molar-refractivity contribution in [1.82, 2.24) is 9.80 Å². The molecule has 1 aromatic rings. The summed E-state index contributed by atoms with van der Waals surface area (Å²) in [5.41, 5.74) is 9.56. The molecular formula is C17H24N5O. The van der Waals surface area contributed by atoms with E-state index in [2.05, 4.69) is 28.8 Å². The van der Waals surface area contributed by atoms with E-state index in [4.69, 9.17) is 5.53 Å². The van der Waals surface area contributed by atoms with Crippen LogP contribution >= 0.6 is 0 Å². The Morgan fingerprint density at radius 3 is 2.43 bits per heavy atom. The molecule has 0 atom stereocenters. The predicted octanol–water partition coefficient (Wildman–Crippen LogP) is 3.78. The van der Waals surface area contributed by atoms with Crippen molar-refractivity contribution in [3.8, 4) is 0 Å². The minimum atomic E-state index is 0.0224. The highest BCUT2D eigenvalue weighted by molar-refractivity contribution is 5.94. The summed E-state index contributed by atoms with van der Waals surface area (Å²) < 4.78 is 0. The Balaban J connectivity index is 1.93. The number of rotatable bonds is 5. The van der Waals surface area contributed by atoms with E-state index in [1.54, 1.807) is 24.3 Å². The maximum absolute atomic E-state index is 12.6. The second-order valence-electron chi connectivity index (χ2n) is 6.37. The molecular weight excluding hydrogens is 290 g/mol. The summed E-state index contributed by atoms with van der Waals surface area (Å²) in [6, 6.07) is 7.06. The van der Waals surface area contributed by atoms with Crippen molar-refractivity contribution in [2.24, 2.45) is 5.11 Å². The van der Waals surface area contributed by atoms with Gasteiger partial charge in [0, 0.05) is 48.9 Å². The summed E-state index contributed by atoms with van der Waals surface area (Å²) in [5.74, 6) is 1.45. The van der Waals surface area contributed by atoms with Gasteiger partial charge < -0.3 is 9.80 Å². The third-order valence-corrected chi connectivity index (χ3v) is 4.24. The summed E-state index contributed by atoms with van der Waals surface area (Å²) in [4.78, 5) is 19.6. The van der Waals surface area contributed by atoms with Gasteiger partial charge in [-0.05, 0) is 36.4 Å². The van der Waals surface area contributed by atoms with E-state index < -0.39 is 0 Å². The van der Waals surface area contributed by atoms with Crippen LogP contribution in [0.2, 0.25) is 0 Å². The van der Waals surface area contributed by atoms with Gasteiger partial charge in [0.25, 0.3) is 5.91 Å². The maximum atomic E-state index is 12.6. The first-order valence-electron chi connectivity index (χ1n) is 7.95. The van der Waals surface area contributed by atoms with Crippen LogP contribution in [0.1, 0.15) is 37.0 Å². The first kappa shape index (κ1) is 17.3. The first-order chi connectivity index (χ1) is 11.0. The van der Waals surface area contributed by atoms with E-state index in [1.165, 1.54) is 5.92 Å². The highest BCUT2D eigenvalue weighted by atomic mass is 16.2. The molecule has 123 valence electrons. The van der Waals surface area contributed by atoms with Gasteiger partial charge in [-0.1, -0.05) is 31.1 Å². The van der Waals surface area contributed by atoms with Crippen LogP contribution in [-0.4, -0.2) is 48.4 Å². The molecule has 1 saturated heterocycles. The van der Waals surface area contributed by atoms with Crippen molar-refractivity contribution >= 4 is 11.6 Å². The molecule has 6 nitrogen and oxygen atoms in total. The van der Waals surface area contributed by atoms with Crippen LogP contribution in [-0.2, 0) is 0 Å². The Labute approximate surface area is 137 Å². The molecule has 0 spiro atoms. The topological polar surface area (TPSA) is 72.3 Å². The number of amides is 1. The quantitative estimate of drug-likeness (QED) is 0.471. The number of benzene rings is 1. The minimum Gasteiger partial charge on any atom is -0.339 e. The van der Waals surface area contributed by atoms with Crippen molar-refractivity contribution in [3.05, 3.63) is 46.2 Å². The summed E-state index contributed by atoms with van der Waals surface area (Å²) >= 11 is 0. The van der Waals surface area contributed by atoms with Gasteiger partial charge in [-0.3, -0.25) is 4.79 Å². The van der Waals surface area contributed by atoms with Gasteiger partial charge >= 0.3 is 0 Å². The smallest absolute Gasteiger partial charge is 0.253 e. The number of azide groups is 1. The number of carbonyl (C=O) groups is 1. The molecule has 6 heteroatoms. The summed E-state index contributed by atoms with van der Waals surface area (Å²) in [5, 5.41) is 3.52. The Bertz CT molecular complexity index is 569. The number of likely N-dealkylation sites (tertiary alicyclic amines) is 1. The zero-order valence-corrected chi connectivity index (χ0v) is 14.1. The molecule has 0 bridgehead atoms. The largest absolute Gasteiger partial charge is 0.339 e. The first-order valence-corrected chi connectivity index (χ1v) is 7.95. The van der Waals surface area contributed by atoms with E-state index in [-0.39, 0.29) is 11.9 Å². The average Bonchev–Trinajstić information content (AvgIpc) is 2.55. The van der Waals surface area contributed by atoms with Crippen LogP contribution in [0.15, 0.2) is 29.4 Å². The number of carbonyl (C=O) groups excluding carboxylic acids is 1. The zero-order valence-electron chi connectivity index (χ0n) is 14.1. The molecule has 0 aliphatic carbocycles. The third-order valence-electron chi connectivity index (χ3n) is 4.24. The van der Waals surface area contributed by atoms with Gasteiger partial charge in [-0.2, -0.15) is 0 Å². The molecule has 1 aliphatic rings. The van der Waals surface area contributed by atoms with Crippen LogP contribution in [0.4, 0.5) is 5.69 Å². The number of hydrogen-bond donors (Lipinski definition) is 0. The average molecular weight is 314 g/mol. The maximum Gasteiger partial charge on any atom is 0.253 e. The summed E-state index contributed by atoms with van der Waals surface area (Å²) in [6.07, 6.45) is 2.01. The van der Waals surface area contributed by atoms with Crippen molar-refractivity contribution in [2.75, 3.05) is 26.7 Å². The Hall–Kier alpha value is -2.04. The predicted molar refractivity (Wildman–Crippen MR) is 91.4 cm³/mol. The van der Waals surface area contributed by atoms with Gasteiger partial charge in [0.05, 0.1) is 0 Å². The van der Waals surface area contributed by atoms with Crippen molar-refractivity contribution in [2.45, 2.75) is 32.7 Å². The van der Waals surface area contributed by atoms with E-state index >= 15 is 0 Å². The van der Waals surface area contributed by atoms with Crippen molar-refractivity contribution in [3.63, 3.8) is 0 Å². The molecule has 1 heterocycles. The van der Waals surface area contributed by atoms with E-state index in [1.807, 2.05) is 11.9 Å². The molecule has 1 fully saturated rings. The standard InChI is InChI=1S/C17H24N5O/c1-13(2)12-22-10-8-16(9-11-22)21(3)17(23)14-4-6-15(7-5-14)19-20-18/h4-7,16H,8-12H2,1-3H3. The molecule has 1 aromatic carbocycles. The molecule has 0 aromatic heterocycles. The van der Waals surface area contributed by atoms with Crippen LogP contribution < -0.4 is 0 Å². The minimum absolute atomic E-state index is 0.0224. The molecule has 1 radical (unpaired) electrons. The fourth-order valence-electron chi connectivity index (χ4n) is 3.00. The fourth-order valence-corrected chi connectivity index (χ4v) is 3.00. The lowest BCUT2D eigenvalue weighted by Gasteiger charge is -2.37. The van der Waals surface area contributed by atoms with Crippen molar-refractivity contribution < 1.29 is 4.79 Å². The second kappa shape index (κ2) is 7.99. The summed E-state index contributed by atoms with van der Waals surface area (Å²) in [7, 11) is 1.88. The molecule has 23 heavy (non-hydrogen) atoms. The molecule has 0 saturated carbocycles. The lowest BCUT2D eigenvalue weighted by Crippen LogP contribution is -2.46. The van der Waals surface area contributed by atoms with Gasteiger partial charge in [0.15, 0.2) is 0 Å². The van der Waals surface area contributed by atoms with Gasteiger partial charge in [0.2, 0.25) is 0 Å². The van der Waals surface area contributed by atoms with E-state index in [9.17, 15) is 4.79 Å². The molecule has 0 N–H and O–H groups in total. The van der Waals surface area contributed by atoms with Gasteiger partial charge in [-0.25, -0.2) is 0 Å². The van der Waals surface area contributed by atoms with Gasteiger partial charge in [-0.15, -0.1) is 0 Å². The Morgan fingerprint density at radius 1 is 1.30 bits per heavy atom. The third kappa shape index (κ3) is 4.71. The van der Waals surface area contributed by atoms with Crippen LogP contribution in [0, 0.1) is 5.92 Å². The lowest BCUT2D eigenvalue weighted by molar-refractivity contribution is 0.0646. The SMILES string of the molecule is C[C](C)CN1CCC(N(C)C(=O)c2ccc(N=[N+]=[N-])cc2)CC1. The number of nitrogens with zero attached hydrogens (tertiary/aromatic N) is 5. The van der Waals surface area contributed by atoms with E-state index in [0.29, 0.717) is 11.3 Å². The Kier molecular flexibility index (Phi) is 6.02. The molecule has 1 amide bonds. The monoisotopic (exact) mass is 314 g/mol. The van der Waals surface area contributed by atoms with Crippen LogP contribution in [0.25, 0.3) is 10.4 Å². The number of piperidine rings is 1. The van der Waals surface area contributed by atoms with Crippen LogP contribution in [0.5, 0.6) is 0 Å². The van der Waals surface area contributed by atoms with E-state index in [0.717, 1.165) is 32.5 Å². The highest BCUT2D eigenvalue weighted by Gasteiger charge is 2.26. The zero-order chi connectivity index (χ0) is 16.8. The number of hydrogen-bond acceptors (Lipinski definition) is 3. The molecule has 1 aliphatic heterocycles. The van der Waals surface area contributed by atoms with Crippen molar-refractivity contribution in [1.29, 1.82) is 0 Å². The fraction of sp³-hybridized carbons (Fsp3) is 0.529.